The minimum absolute atomic E-state index is 0.0373. The Bertz CT molecular complexity index is 389. The Labute approximate surface area is 102 Å². The maximum atomic E-state index is 11.7. The van der Waals surface area contributed by atoms with E-state index in [2.05, 4.69) is 12.1 Å². The van der Waals surface area contributed by atoms with Crippen molar-refractivity contribution in [3.05, 3.63) is 35.4 Å². The van der Waals surface area contributed by atoms with Crippen molar-refractivity contribution in [1.82, 2.24) is 0 Å². The summed E-state index contributed by atoms with van der Waals surface area (Å²) in [7, 11) is 0. The lowest BCUT2D eigenvalue weighted by molar-refractivity contribution is -0.151. The van der Waals surface area contributed by atoms with Crippen LogP contribution in [0.25, 0.3) is 0 Å². The molecule has 1 unspecified atom stereocenters. The van der Waals surface area contributed by atoms with Gasteiger partial charge in [-0.1, -0.05) is 38.1 Å². The fraction of sp³-hybridized carbons (Fsp3) is 0.500. The van der Waals surface area contributed by atoms with Crippen molar-refractivity contribution in [2.24, 2.45) is 11.7 Å². The Morgan fingerprint density at radius 2 is 1.82 bits per heavy atom. The fourth-order valence-corrected chi connectivity index (χ4v) is 2.12. The van der Waals surface area contributed by atoms with E-state index in [-0.39, 0.29) is 18.0 Å². The molecule has 0 aliphatic heterocycles. The lowest BCUT2D eigenvalue weighted by atomic mass is 10.1. The van der Waals surface area contributed by atoms with Crippen LogP contribution in [0.4, 0.5) is 0 Å². The molecular weight excluding hydrogens is 214 g/mol. The summed E-state index contributed by atoms with van der Waals surface area (Å²) >= 11 is 0. The van der Waals surface area contributed by atoms with Crippen molar-refractivity contribution >= 4 is 5.97 Å². The van der Waals surface area contributed by atoms with Crippen molar-refractivity contribution in [3.63, 3.8) is 0 Å². The highest BCUT2D eigenvalue weighted by atomic mass is 16.5. The van der Waals surface area contributed by atoms with Gasteiger partial charge in [-0.2, -0.15) is 0 Å². The van der Waals surface area contributed by atoms with Crippen molar-refractivity contribution in [2.45, 2.75) is 38.8 Å². The minimum atomic E-state index is -0.515. The predicted molar refractivity (Wildman–Crippen MR) is 66.5 cm³/mol. The minimum Gasteiger partial charge on any atom is -0.461 e. The summed E-state index contributed by atoms with van der Waals surface area (Å²) in [6.07, 6.45) is 1.59. The Morgan fingerprint density at radius 3 is 2.29 bits per heavy atom. The molecule has 0 heterocycles. The van der Waals surface area contributed by atoms with Crippen molar-refractivity contribution < 1.29 is 9.53 Å². The second kappa shape index (κ2) is 4.88. The molecule has 0 fully saturated rings. The maximum Gasteiger partial charge on any atom is 0.323 e. The van der Waals surface area contributed by atoms with Gasteiger partial charge in [-0.25, -0.2) is 0 Å². The lowest BCUT2D eigenvalue weighted by Gasteiger charge is -2.18. The average Bonchev–Trinajstić information content (AvgIpc) is 2.69. The van der Waals surface area contributed by atoms with Gasteiger partial charge in [0.15, 0.2) is 0 Å². The first-order chi connectivity index (χ1) is 8.08. The number of nitrogens with two attached hydrogens (primary N) is 1. The Kier molecular flexibility index (Phi) is 3.48. The average molecular weight is 233 g/mol. The quantitative estimate of drug-likeness (QED) is 0.808. The third-order valence-electron chi connectivity index (χ3n) is 3.29. The standard InChI is InChI=1S/C14H19NO2/c1-9(2)13(15)14(16)17-12-7-10-5-3-4-6-11(10)8-12/h3-6,9,12-13H,7-8,15H2,1-2H3. The number of rotatable bonds is 3. The molecule has 1 aromatic rings. The molecule has 0 amide bonds. The smallest absolute Gasteiger partial charge is 0.323 e. The van der Waals surface area contributed by atoms with Crippen LogP contribution in [0.5, 0.6) is 0 Å². The second-order valence-corrected chi connectivity index (χ2v) is 5.01. The molecule has 1 atom stereocenters. The van der Waals surface area contributed by atoms with E-state index in [0.717, 1.165) is 12.8 Å². The molecule has 0 radical (unpaired) electrons. The van der Waals surface area contributed by atoms with Crippen LogP contribution >= 0.6 is 0 Å². The van der Waals surface area contributed by atoms with E-state index in [0.29, 0.717) is 0 Å². The molecule has 0 bridgehead atoms. The zero-order chi connectivity index (χ0) is 12.4. The first-order valence-corrected chi connectivity index (χ1v) is 6.10. The van der Waals surface area contributed by atoms with Crippen LogP contribution in [-0.4, -0.2) is 18.1 Å². The summed E-state index contributed by atoms with van der Waals surface area (Å²) in [4.78, 5) is 11.7. The number of fused-ring (bicyclic) bond motifs is 1. The van der Waals surface area contributed by atoms with Gasteiger partial charge in [0.1, 0.15) is 12.1 Å². The molecule has 0 saturated heterocycles. The van der Waals surface area contributed by atoms with Crippen LogP contribution in [0.1, 0.15) is 25.0 Å². The summed E-state index contributed by atoms with van der Waals surface area (Å²) in [6, 6.07) is 7.70. The number of esters is 1. The summed E-state index contributed by atoms with van der Waals surface area (Å²) in [6.45, 7) is 3.85. The predicted octanol–water partition coefficient (Wildman–Crippen LogP) is 1.68. The summed E-state index contributed by atoms with van der Waals surface area (Å²) in [5.74, 6) is -0.163. The monoisotopic (exact) mass is 233 g/mol. The highest BCUT2D eigenvalue weighted by molar-refractivity contribution is 5.76. The number of hydrogen-bond acceptors (Lipinski definition) is 3. The molecule has 1 aliphatic carbocycles. The number of carbonyl (C=O) groups is 1. The molecule has 1 aromatic carbocycles. The van der Waals surface area contributed by atoms with Gasteiger partial charge in [0.2, 0.25) is 0 Å². The molecule has 2 rings (SSSR count). The highest BCUT2D eigenvalue weighted by Crippen LogP contribution is 2.24. The first-order valence-electron chi connectivity index (χ1n) is 6.10. The zero-order valence-electron chi connectivity index (χ0n) is 10.3. The van der Waals surface area contributed by atoms with E-state index >= 15 is 0 Å². The van der Waals surface area contributed by atoms with Gasteiger partial charge in [0.25, 0.3) is 0 Å². The molecule has 0 spiro atoms. The van der Waals surface area contributed by atoms with Crippen LogP contribution in [0.3, 0.4) is 0 Å². The van der Waals surface area contributed by atoms with Gasteiger partial charge in [-0.15, -0.1) is 0 Å². The van der Waals surface area contributed by atoms with E-state index in [4.69, 9.17) is 10.5 Å². The second-order valence-electron chi connectivity index (χ2n) is 5.01. The molecule has 0 aromatic heterocycles. The third-order valence-corrected chi connectivity index (χ3v) is 3.29. The molecular formula is C14H19NO2. The van der Waals surface area contributed by atoms with Crippen LogP contribution in [-0.2, 0) is 22.4 Å². The first kappa shape index (κ1) is 12.1. The Balaban J connectivity index is 1.94. The van der Waals surface area contributed by atoms with Crippen molar-refractivity contribution in [2.75, 3.05) is 0 Å². The van der Waals surface area contributed by atoms with Gasteiger partial charge in [0.05, 0.1) is 0 Å². The van der Waals surface area contributed by atoms with Gasteiger partial charge in [-0.05, 0) is 17.0 Å². The molecule has 3 nitrogen and oxygen atoms in total. The Hall–Kier alpha value is -1.35. The van der Waals surface area contributed by atoms with Gasteiger partial charge in [0, 0.05) is 12.8 Å². The molecule has 17 heavy (non-hydrogen) atoms. The lowest BCUT2D eigenvalue weighted by Crippen LogP contribution is -2.39. The number of ether oxygens (including phenoxy) is 1. The zero-order valence-corrected chi connectivity index (χ0v) is 10.3. The highest BCUT2D eigenvalue weighted by Gasteiger charge is 2.27. The largest absolute Gasteiger partial charge is 0.461 e. The van der Waals surface area contributed by atoms with Gasteiger partial charge < -0.3 is 10.5 Å². The van der Waals surface area contributed by atoms with Crippen molar-refractivity contribution in [3.8, 4) is 0 Å². The molecule has 2 N–H and O–H groups in total. The maximum absolute atomic E-state index is 11.7. The number of carbonyl (C=O) groups excluding carboxylic acids is 1. The summed E-state index contributed by atoms with van der Waals surface area (Å²) < 4.78 is 5.45. The number of benzene rings is 1. The third kappa shape index (κ3) is 2.67. The van der Waals surface area contributed by atoms with Crippen molar-refractivity contribution in [1.29, 1.82) is 0 Å². The topological polar surface area (TPSA) is 52.3 Å². The van der Waals surface area contributed by atoms with E-state index in [9.17, 15) is 4.79 Å². The number of hydrogen-bond donors (Lipinski definition) is 1. The van der Waals surface area contributed by atoms with Crippen LogP contribution in [0.2, 0.25) is 0 Å². The van der Waals surface area contributed by atoms with Crippen LogP contribution in [0.15, 0.2) is 24.3 Å². The molecule has 3 heteroatoms. The molecule has 92 valence electrons. The van der Waals surface area contributed by atoms with Crippen LogP contribution in [0, 0.1) is 5.92 Å². The van der Waals surface area contributed by atoms with E-state index < -0.39 is 6.04 Å². The van der Waals surface area contributed by atoms with Gasteiger partial charge >= 0.3 is 5.97 Å². The SMILES string of the molecule is CC(C)C(N)C(=O)OC1Cc2ccccc2C1. The normalized spacial score (nSPS) is 16.9. The fourth-order valence-electron chi connectivity index (χ4n) is 2.12. The van der Waals surface area contributed by atoms with E-state index in [1.807, 2.05) is 26.0 Å². The summed E-state index contributed by atoms with van der Waals surface area (Å²) in [5, 5.41) is 0. The Morgan fingerprint density at radius 1 is 1.29 bits per heavy atom. The van der Waals surface area contributed by atoms with E-state index in [1.165, 1.54) is 11.1 Å². The molecule has 0 saturated carbocycles. The van der Waals surface area contributed by atoms with E-state index in [1.54, 1.807) is 0 Å². The molecule has 1 aliphatic rings. The van der Waals surface area contributed by atoms with Crippen LogP contribution < -0.4 is 5.73 Å². The van der Waals surface area contributed by atoms with Gasteiger partial charge in [-0.3, -0.25) is 4.79 Å². The summed E-state index contributed by atoms with van der Waals surface area (Å²) in [5.41, 5.74) is 8.33.